The lowest BCUT2D eigenvalue weighted by atomic mass is 9.97. The van der Waals surface area contributed by atoms with Crippen LogP contribution >= 0.6 is 0 Å². The molecule has 2 N–H and O–H groups in total. The Hall–Kier alpha value is -1.22. The van der Waals surface area contributed by atoms with Gasteiger partial charge < -0.3 is 15.2 Å². The average Bonchev–Trinajstić information content (AvgIpc) is 2.35. The largest absolute Gasteiger partial charge is 0.493 e. The fraction of sp³-hybridized carbons (Fsp3) is 0.571. The molecule has 0 aliphatic rings. The van der Waals surface area contributed by atoms with Crippen molar-refractivity contribution in [1.82, 2.24) is 0 Å². The number of benzene rings is 1. The third-order valence-electron chi connectivity index (χ3n) is 3.07. The van der Waals surface area contributed by atoms with Crippen molar-refractivity contribution >= 4 is 0 Å². The first-order valence-corrected chi connectivity index (χ1v) is 6.05. The van der Waals surface area contributed by atoms with Crippen LogP contribution in [0.5, 0.6) is 11.5 Å². The molecule has 1 unspecified atom stereocenters. The van der Waals surface area contributed by atoms with Crippen LogP contribution < -0.4 is 15.2 Å². The molecule has 0 radical (unpaired) electrons. The molecule has 17 heavy (non-hydrogen) atoms. The number of hydrogen-bond donors (Lipinski definition) is 1. The van der Waals surface area contributed by atoms with Crippen LogP contribution in [0.4, 0.5) is 0 Å². The van der Waals surface area contributed by atoms with Gasteiger partial charge in [-0.05, 0) is 36.5 Å². The second-order valence-electron chi connectivity index (χ2n) is 4.64. The van der Waals surface area contributed by atoms with Gasteiger partial charge in [-0.2, -0.15) is 0 Å². The molecule has 0 aliphatic heterocycles. The zero-order valence-electron chi connectivity index (χ0n) is 11.2. The summed E-state index contributed by atoms with van der Waals surface area (Å²) in [6.07, 6.45) is 1.97. The van der Waals surface area contributed by atoms with Gasteiger partial charge in [0, 0.05) is 6.04 Å². The van der Waals surface area contributed by atoms with Gasteiger partial charge in [0.2, 0.25) is 0 Å². The van der Waals surface area contributed by atoms with E-state index in [0.717, 1.165) is 24.3 Å². The average molecular weight is 237 g/mol. The molecule has 0 aliphatic carbocycles. The summed E-state index contributed by atoms with van der Waals surface area (Å²) in [6, 6.07) is 6.28. The molecule has 0 saturated heterocycles. The lowest BCUT2D eigenvalue weighted by molar-refractivity contribution is 0.354. The first-order chi connectivity index (χ1) is 8.08. The minimum atomic E-state index is 0.253. The molecule has 3 heteroatoms. The van der Waals surface area contributed by atoms with Crippen molar-refractivity contribution in [2.45, 2.75) is 32.7 Å². The number of hydrogen-bond acceptors (Lipinski definition) is 3. The second kappa shape index (κ2) is 6.50. The Morgan fingerprint density at radius 3 is 2.29 bits per heavy atom. The highest BCUT2D eigenvalue weighted by Crippen LogP contribution is 2.28. The SMILES string of the molecule is COc1ccc(CCC(N)C(C)C)cc1OC. The number of methoxy groups -OCH3 is 2. The van der Waals surface area contributed by atoms with Crippen LogP contribution in [0.3, 0.4) is 0 Å². The fourth-order valence-corrected chi connectivity index (χ4v) is 1.70. The lowest BCUT2D eigenvalue weighted by Crippen LogP contribution is -2.26. The van der Waals surface area contributed by atoms with E-state index in [-0.39, 0.29) is 6.04 Å². The van der Waals surface area contributed by atoms with Gasteiger partial charge in [-0.3, -0.25) is 0 Å². The fourth-order valence-electron chi connectivity index (χ4n) is 1.70. The van der Waals surface area contributed by atoms with E-state index >= 15 is 0 Å². The van der Waals surface area contributed by atoms with E-state index in [9.17, 15) is 0 Å². The normalized spacial score (nSPS) is 12.6. The van der Waals surface area contributed by atoms with E-state index < -0.39 is 0 Å². The molecule has 3 nitrogen and oxygen atoms in total. The highest BCUT2D eigenvalue weighted by atomic mass is 16.5. The van der Waals surface area contributed by atoms with Crippen molar-refractivity contribution in [2.75, 3.05) is 14.2 Å². The summed E-state index contributed by atoms with van der Waals surface area (Å²) in [5.74, 6) is 2.07. The van der Waals surface area contributed by atoms with Crippen molar-refractivity contribution in [1.29, 1.82) is 0 Å². The van der Waals surface area contributed by atoms with Crippen LogP contribution in [-0.2, 0) is 6.42 Å². The molecule has 0 spiro atoms. The highest BCUT2D eigenvalue weighted by Gasteiger charge is 2.09. The Bertz CT molecular complexity index is 350. The van der Waals surface area contributed by atoms with Gasteiger partial charge in [0.15, 0.2) is 11.5 Å². The second-order valence-corrected chi connectivity index (χ2v) is 4.64. The van der Waals surface area contributed by atoms with E-state index in [2.05, 4.69) is 19.9 Å². The number of rotatable bonds is 6. The number of ether oxygens (including phenoxy) is 2. The van der Waals surface area contributed by atoms with Gasteiger partial charge in [0.25, 0.3) is 0 Å². The van der Waals surface area contributed by atoms with E-state index in [0.29, 0.717) is 5.92 Å². The van der Waals surface area contributed by atoms with Crippen LogP contribution in [-0.4, -0.2) is 20.3 Å². The smallest absolute Gasteiger partial charge is 0.160 e. The molecule has 1 aromatic rings. The van der Waals surface area contributed by atoms with Crippen LogP contribution in [0, 0.1) is 5.92 Å². The first-order valence-electron chi connectivity index (χ1n) is 6.05. The molecule has 1 rings (SSSR count). The third kappa shape index (κ3) is 3.93. The standard InChI is InChI=1S/C14H23NO2/c1-10(2)12(15)7-5-11-6-8-13(16-3)14(9-11)17-4/h6,8-10,12H,5,7,15H2,1-4H3. The van der Waals surface area contributed by atoms with Crippen molar-refractivity contribution < 1.29 is 9.47 Å². The quantitative estimate of drug-likeness (QED) is 0.827. The first kappa shape index (κ1) is 13.8. The van der Waals surface area contributed by atoms with Crippen LogP contribution in [0.15, 0.2) is 18.2 Å². The number of aryl methyl sites for hydroxylation is 1. The van der Waals surface area contributed by atoms with Crippen molar-refractivity contribution in [3.8, 4) is 11.5 Å². The predicted molar refractivity (Wildman–Crippen MR) is 70.7 cm³/mol. The van der Waals surface area contributed by atoms with E-state index in [1.807, 2.05) is 12.1 Å². The summed E-state index contributed by atoms with van der Waals surface area (Å²) in [4.78, 5) is 0. The van der Waals surface area contributed by atoms with Crippen LogP contribution in [0.25, 0.3) is 0 Å². The maximum absolute atomic E-state index is 6.04. The minimum Gasteiger partial charge on any atom is -0.493 e. The van der Waals surface area contributed by atoms with Gasteiger partial charge in [-0.1, -0.05) is 19.9 Å². The van der Waals surface area contributed by atoms with Gasteiger partial charge in [0.05, 0.1) is 14.2 Å². The monoisotopic (exact) mass is 237 g/mol. The summed E-state index contributed by atoms with van der Waals surface area (Å²) in [5.41, 5.74) is 7.27. The summed E-state index contributed by atoms with van der Waals surface area (Å²) >= 11 is 0. The Kier molecular flexibility index (Phi) is 5.29. The van der Waals surface area contributed by atoms with Crippen LogP contribution in [0.1, 0.15) is 25.8 Å². The van der Waals surface area contributed by atoms with Crippen molar-refractivity contribution in [2.24, 2.45) is 11.7 Å². The molecule has 0 bridgehead atoms. The Balaban J connectivity index is 2.66. The van der Waals surface area contributed by atoms with Gasteiger partial charge in [-0.25, -0.2) is 0 Å². The Morgan fingerprint density at radius 1 is 1.12 bits per heavy atom. The van der Waals surface area contributed by atoms with E-state index in [1.54, 1.807) is 14.2 Å². The summed E-state index contributed by atoms with van der Waals surface area (Å²) in [7, 11) is 3.30. The molecule has 0 fully saturated rings. The van der Waals surface area contributed by atoms with Gasteiger partial charge >= 0.3 is 0 Å². The minimum absolute atomic E-state index is 0.253. The summed E-state index contributed by atoms with van der Waals surface area (Å²) in [6.45, 7) is 4.30. The van der Waals surface area contributed by atoms with E-state index in [1.165, 1.54) is 5.56 Å². The third-order valence-corrected chi connectivity index (χ3v) is 3.07. The topological polar surface area (TPSA) is 44.5 Å². The predicted octanol–water partition coefficient (Wildman–Crippen LogP) is 2.62. The Labute approximate surface area is 104 Å². The molecule has 1 aromatic carbocycles. The van der Waals surface area contributed by atoms with Crippen LogP contribution in [0.2, 0.25) is 0 Å². The van der Waals surface area contributed by atoms with Gasteiger partial charge in [0.1, 0.15) is 0 Å². The zero-order chi connectivity index (χ0) is 12.8. The highest BCUT2D eigenvalue weighted by molar-refractivity contribution is 5.42. The van der Waals surface area contributed by atoms with Crippen molar-refractivity contribution in [3.63, 3.8) is 0 Å². The molecule has 1 atom stereocenters. The maximum Gasteiger partial charge on any atom is 0.160 e. The van der Waals surface area contributed by atoms with E-state index in [4.69, 9.17) is 15.2 Å². The number of nitrogens with two attached hydrogens (primary N) is 1. The molecule has 0 saturated carbocycles. The molecule has 96 valence electrons. The molecular weight excluding hydrogens is 214 g/mol. The van der Waals surface area contributed by atoms with Gasteiger partial charge in [-0.15, -0.1) is 0 Å². The lowest BCUT2D eigenvalue weighted by Gasteiger charge is -2.15. The molecule has 0 amide bonds. The Morgan fingerprint density at radius 2 is 1.76 bits per heavy atom. The molecule has 0 heterocycles. The summed E-state index contributed by atoms with van der Waals surface area (Å²) in [5, 5.41) is 0. The molecule has 0 aromatic heterocycles. The summed E-state index contributed by atoms with van der Waals surface area (Å²) < 4.78 is 10.5. The van der Waals surface area contributed by atoms with Crippen molar-refractivity contribution in [3.05, 3.63) is 23.8 Å². The zero-order valence-corrected chi connectivity index (χ0v) is 11.2. The molecular formula is C14H23NO2. The maximum atomic E-state index is 6.04.